The second kappa shape index (κ2) is 7.08. The molecule has 0 aliphatic rings. The van der Waals surface area contributed by atoms with Crippen molar-refractivity contribution in [2.45, 2.75) is 0 Å². The molecular formula is C19H17NO. The summed E-state index contributed by atoms with van der Waals surface area (Å²) in [7, 11) is 5.68. The molecule has 0 amide bonds. The summed E-state index contributed by atoms with van der Waals surface area (Å²) in [5.41, 5.74) is 3.04. The summed E-state index contributed by atoms with van der Waals surface area (Å²) in [6.45, 7) is 0. The summed E-state index contributed by atoms with van der Waals surface area (Å²) in [4.78, 5) is 2.06. The Kier molecular flexibility index (Phi) is 4.91. The second-order valence-electron chi connectivity index (χ2n) is 4.67. The Labute approximate surface area is 126 Å². The number of hydrogen-bond donors (Lipinski definition) is 0. The van der Waals surface area contributed by atoms with Crippen LogP contribution in [-0.4, -0.2) is 21.2 Å². The largest absolute Gasteiger partial charge is 0.497 e. The number of methoxy groups -OCH3 is 1. The summed E-state index contributed by atoms with van der Waals surface area (Å²) in [5.74, 6) is 12.6. The fourth-order valence-corrected chi connectivity index (χ4v) is 1.72. The zero-order chi connectivity index (χ0) is 15.1. The van der Waals surface area contributed by atoms with Gasteiger partial charge >= 0.3 is 0 Å². The highest BCUT2D eigenvalue weighted by molar-refractivity contribution is 5.51. The minimum Gasteiger partial charge on any atom is -0.497 e. The van der Waals surface area contributed by atoms with Gasteiger partial charge in [-0.2, -0.15) is 0 Å². The average Bonchev–Trinajstić information content (AvgIpc) is 2.52. The zero-order valence-electron chi connectivity index (χ0n) is 12.5. The van der Waals surface area contributed by atoms with E-state index in [9.17, 15) is 0 Å². The van der Waals surface area contributed by atoms with E-state index in [1.165, 1.54) is 0 Å². The smallest absolute Gasteiger partial charge is 0.118 e. The Balaban J connectivity index is 2.04. The van der Waals surface area contributed by atoms with E-state index in [1.54, 1.807) is 7.11 Å². The molecule has 0 spiro atoms. The molecule has 2 heteroatoms. The van der Waals surface area contributed by atoms with Crippen LogP contribution >= 0.6 is 0 Å². The van der Waals surface area contributed by atoms with Gasteiger partial charge in [0.25, 0.3) is 0 Å². The summed E-state index contributed by atoms with van der Waals surface area (Å²) in [6.07, 6.45) is 0. The van der Waals surface area contributed by atoms with Gasteiger partial charge in [0, 0.05) is 30.9 Å². The average molecular weight is 275 g/mol. The molecule has 104 valence electrons. The standard InChI is InChI=1S/C19H17NO/c1-20(2)18-12-8-16(9-13-18)6-4-5-7-17-10-14-19(21-3)15-11-17/h8-15H,1-3H3. The lowest BCUT2D eigenvalue weighted by atomic mass is 10.2. The lowest BCUT2D eigenvalue weighted by Gasteiger charge is -2.11. The quantitative estimate of drug-likeness (QED) is 0.781. The molecule has 2 aromatic carbocycles. The van der Waals surface area contributed by atoms with Crippen molar-refractivity contribution in [1.29, 1.82) is 0 Å². The molecule has 0 saturated heterocycles. The molecule has 21 heavy (non-hydrogen) atoms. The van der Waals surface area contributed by atoms with Crippen LogP contribution in [0.15, 0.2) is 48.5 Å². The third-order valence-electron chi connectivity index (χ3n) is 2.95. The van der Waals surface area contributed by atoms with Crippen LogP contribution in [0.5, 0.6) is 5.75 Å². The number of ether oxygens (including phenoxy) is 1. The summed E-state index contributed by atoms with van der Waals surface area (Å²) in [6, 6.07) is 15.7. The molecule has 2 aromatic rings. The Hall–Kier alpha value is -2.84. The molecule has 2 nitrogen and oxygen atoms in total. The van der Waals surface area contributed by atoms with Gasteiger partial charge in [0.15, 0.2) is 0 Å². The lowest BCUT2D eigenvalue weighted by Crippen LogP contribution is -2.07. The highest BCUT2D eigenvalue weighted by Crippen LogP contribution is 2.11. The van der Waals surface area contributed by atoms with Gasteiger partial charge < -0.3 is 9.64 Å². The maximum atomic E-state index is 5.10. The van der Waals surface area contributed by atoms with Crippen LogP contribution in [0.2, 0.25) is 0 Å². The van der Waals surface area contributed by atoms with Crippen molar-refractivity contribution in [1.82, 2.24) is 0 Å². The van der Waals surface area contributed by atoms with Crippen LogP contribution in [0.1, 0.15) is 11.1 Å². The molecule has 0 heterocycles. The van der Waals surface area contributed by atoms with Gasteiger partial charge in [0.05, 0.1) is 7.11 Å². The molecule has 0 N–H and O–H groups in total. The van der Waals surface area contributed by atoms with Crippen LogP contribution in [0.25, 0.3) is 0 Å². The van der Waals surface area contributed by atoms with E-state index in [0.717, 1.165) is 22.6 Å². The molecule has 0 fully saturated rings. The van der Waals surface area contributed by atoms with Crippen LogP contribution in [0, 0.1) is 23.7 Å². The number of hydrogen-bond acceptors (Lipinski definition) is 2. The van der Waals surface area contributed by atoms with E-state index in [1.807, 2.05) is 62.6 Å². The monoisotopic (exact) mass is 275 g/mol. The number of benzene rings is 2. The van der Waals surface area contributed by atoms with Gasteiger partial charge in [-0.05, 0) is 60.4 Å². The zero-order valence-corrected chi connectivity index (χ0v) is 12.5. The normalized spacial score (nSPS) is 8.90. The fourth-order valence-electron chi connectivity index (χ4n) is 1.72. The topological polar surface area (TPSA) is 12.5 Å². The number of nitrogens with zero attached hydrogens (tertiary/aromatic N) is 1. The van der Waals surface area contributed by atoms with Crippen molar-refractivity contribution in [3.63, 3.8) is 0 Å². The van der Waals surface area contributed by atoms with Gasteiger partial charge in [-0.1, -0.05) is 11.8 Å². The van der Waals surface area contributed by atoms with Crippen molar-refractivity contribution in [3.8, 4) is 29.4 Å². The van der Waals surface area contributed by atoms with Gasteiger partial charge in [0.1, 0.15) is 5.75 Å². The first kappa shape index (κ1) is 14.6. The van der Waals surface area contributed by atoms with E-state index in [-0.39, 0.29) is 0 Å². The molecular weight excluding hydrogens is 258 g/mol. The Morgan fingerprint density at radius 3 is 1.67 bits per heavy atom. The number of anilines is 1. The molecule has 2 rings (SSSR count). The first-order chi connectivity index (χ1) is 10.2. The fraction of sp³-hybridized carbons (Fsp3) is 0.158. The minimum atomic E-state index is 0.826. The third kappa shape index (κ3) is 4.34. The molecule has 0 aliphatic carbocycles. The van der Waals surface area contributed by atoms with Crippen LogP contribution in [-0.2, 0) is 0 Å². The highest BCUT2D eigenvalue weighted by Gasteiger charge is 1.93. The molecule has 0 atom stereocenters. The minimum absolute atomic E-state index is 0.826. The van der Waals surface area contributed by atoms with E-state index in [2.05, 4.69) is 28.6 Å². The molecule has 0 bridgehead atoms. The van der Waals surface area contributed by atoms with Crippen molar-refractivity contribution in [3.05, 3.63) is 59.7 Å². The SMILES string of the molecule is COc1ccc(C#CC#Cc2ccc(N(C)C)cc2)cc1. The van der Waals surface area contributed by atoms with E-state index in [4.69, 9.17) is 4.74 Å². The van der Waals surface area contributed by atoms with Gasteiger partial charge in [-0.15, -0.1) is 0 Å². The van der Waals surface area contributed by atoms with Crippen molar-refractivity contribution in [2.24, 2.45) is 0 Å². The predicted molar refractivity (Wildman–Crippen MR) is 87.5 cm³/mol. The van der Waals surface area contributed by atoms with Crippen LogP contribution in [0.3, 0.4) is 0 Å². The lowest BCUT2D eigenvalue weighted by molar-refractivity contribution is 0.415. The molecule has 0 aromatic heterocycles. The highest BCUT2D eigenvalue weighted by atomic mass is 16.5. The van der Waals surface area contributed by atoms with Crippen LogP contribution in [0.4, 0.5) is 5.69 Å². The predicted octanol–water partition coefficient (Wildman–Crippen LogP) is 3.16. The molecule has 0 radical (unpaired) electrons. The third-order valence-corrected chi connectivity index (χ3v) is 2.95. The van der Waals surface area contributed by atoms with Gasteiger partial charge in [-0.3, -0.25) is 0 Å². The van der Waals surface area contributed by atoms with Crippen molar-refractivity contribution >= 4 is 5.69 Å². The molecule has 0 unspecified atom stereocenters. The second-order valence-corrected chi connectivity index (χ2v) is 4.67. The first-order valence-electron chi connectivity index (χ1n) is 6.62. The maximum Gasteiger partial charge on any atom is 0.118 e. The van der Waals surface area contributed by atoms with Crippen molar-refractivity contribution < 1.29 is 4.74 Å². The van der Waals surface area contributed by atoms with Crippen molar-refractivity contribution in [2.75, 3.05) is 26.1 Å². The van der Waals surface area contributed by atoms with Gasteiger partial charge in [-0.25, -0.2) is 0 Å². The van der Waals surface area contributed by atoms with E-state index >= 15 is 0 Å². The molecule has 0 saturated carbocycles. The summed E-state index contributed by atoms with van der Waals surface area (Å²) in [5, 5.41) is 0. The first-order valence-corrected chi connectivity index (χ1v) is 6.62. The number of rotatable bonds is 2. The van der Waals surface area contributed by atoms with Gasteiger partial charge in [0.2, 0.25) is 0 Å². The molecule has 0 aliphatic heterocycles. The van der Waals surface area contributed by atoms with E-state index < -0.39 is 0 Å². The van der Waals surface area contributed by atoms with Crippen LogP contribution < -0.4 is 9.64 Å². The Morgan fingerprint density at radius 2 is 1.24 bits per heavy atom. The van der Waals surface area contributed by atoms with E-state index in [0.29, 0.717) is 0 Å². The maximum absolute atomic E-state index is 5.10. The Morgan fingerprint density at radius 1 is 0.762 bits per heavy atom. The Bertz CT molecular complexity index is 705. The summed E-state index contributed by atoms with van der Waals surface area (Å²) >= 11 is 0. The summed E-state index contributed by atoms with van der Waals surface area (Å²) < 4.78 is 5.10.